The van der Waals surface area contributed by atoms with Crippen LogP contribution in [0.25, 0.3) is 10.8 Å². The highest BCUT2D eigenvalue weighted by molar-refractivity contribution is 6.21. The van der Waals surface area contributed by atoms with E-state index in [0.29, 0.717) is 17.6 Å². The molecule has 0 aromatic heterocycles. The van der Waals surface area contributed by atoms with Crippen molar-refractivity contribution in [3.63, 3.8) is 0 Å². The van der Waals surface area contributed by atoms with Crippen molar-refractivity contribution in [2.45, 2.75) is 70.6 Å². The van der Waals surface area contributed by atoms with Gasteiger partial charge < -0.3 is 5.11 Å². The molecule has 2 heteroatoms. The van der Waals surface area contributed by atoms with E-state index in [1.54, 1.807) is 0 Å². The minimum Gasteiger partial charge on any atom is -0.507 e. The predicted octanol–water partition coefficient (Wildman–Crippen LogP) is 6.28. The summed E-state index contributed by atoms with van der Waals surface area (Å²) in [7, 11) is 0. The lowest BCUT2D eigenvalue weighted by Gasteiger charge is -2.21. The summed E-state index contributed by atoms with van der Waals surface area (Å²) in [6, 6.07) is 6.28. The molecule has 3 rings (SSSR count). The lowest BCUT2D eigenvalue weighted by atomic mass is 9.86. The zero-order valence-corrected chi connectivity index (χ0v) is 15.4. The number of fused-ring (bicyclic) bond motifs is 3. The summed E-state index contributed by atoms with van der Waals surface area (Å²) in [5.74, 6) is 1.27. The van der Waals surface area contributed by atoms with Gasteiger partial charge in [-0.2, -0.15) is 0 Å². The van der Waals surface area contributed by atoms with Crippen molar-refractivity contribution < 1.29 is 5.11 Å². The van der Waals surface area contributed by atoms with E-state index in [1.807, 2.05) is 6.07 Å². The molecule has 2 aromatic carbocycles. The van der Waals surface area contributed by atoms with E-state index in [2.05, 4.69) is 39.8 Å². The van der Waals surface area contributed by atoms with Crippen LogP contribution >= 0.6 is 11.6 Å². The van der Waals surface area contributed by atoms with Crippen molar-refractivity contribution in [1.82, 2.24) is 0 Å². The number of rotatable bonds is 4. The molecular formula is C21H27ClO. The highest BCUT2D eigenvalue weighted by Gasteiger charge is 2.34. The van der Waals surface area contributed by atoms with Crippen molar-refractivity contribution in [1.29, 1.82) is 0 Å². The Hall–Kier alpha value is -1.21. The van der Waals surface area contributed by atoms with Gasteiger partial charge in [-0.3, -0.25) is 0 Å². The minimum absolute atomic E-state index is 0.117. The molecule has 0 amide bonds. The third kappa shape index (κ3) is 2.63. The van der Waals surface area contributed by atoms with E-state index in [1.165, 1.54) is 27.6 Å². The summed E-state index contributed by atoms with van der Waals surface area (Å²) < 4.78 is 0. The van der Waals surface area contributed by atoms with Crippen LogP contribution in [0.1, 0.15) is 74.6 Å². The molecule has 23 heavy (non-hydrogen) atoms. The predicted molar refractivity (Wildman–Crippen MR) is 100 cm³/mol. The molecule has 1 N–H and O–H groups in total. The van der Waals surface area contributed by atoms with Gasteiger partial charge in [-0.25, -0.2) is 0 Å². The van der Waals surface area contributed by atoms with Gasteiger partial charge in [0.05, 0.1) is 0 Å². The van der Waals surface area contributed by atoms with Crippen LogP contribution in [0.3, 0.4) is 0 Å². The van der Waals surface area contributed by atoms with Crippen molar-refractivity contribution in [3.8, 4) is 5.75 Å². The maximum atomic E-state index is 10.6. The lowest BCUT2D eigenvalue weighted by molar-refractivity contribution is 0.480. The lowest BCUT2D eigenvalue weighted by Crippen LogP contribution is -2.08. The Morgan fingerprint density at radius 1 is 1.30 bits per heavy atom. The molecule has 1 nitrogen and oxygen atoms in total. The summed E-state index contributed by atoms with van der Waals surface area (Å²) in [5, 5.41) is 13.0. The fourth-order valence-corrected chi connectivity index (χ4v) is 4.60. The van der Waals surface area contributed by atoms with Gasteiger partial charge in [0, 0.05) is 16.7 Å². The Morgan fingerprint density at radius 2 is 2.04 bits per heavy atom. The molecule has 1 aliphatic carbocycles. The topological polar surface area (TPSA) is 20.2 Å². The van der Waals surface area contributed by atoms with Gasteiger partial charge in [-0.1, -0.05) is 39.3 Å². The highest BCUT2D eigenvalue weighted by Crippen LogP contribution is 2.51. The molecule has 0 aliphatic heterocycles. The maximum Gasteiger partial charge on any atom is 0.123 e. The van der Waals surface area contributed by atoms with Crippen molar-refractivity contribution in [2.75, 3.05) is 0 Å². The number of aromatic hydroxyl groups is 1. The zero-order chi connectivity index (χ0) is 16.7. The number of aryl methyl sites for hydroxylation is 2. The average Bonchev–Trinajstić information content (AvgIpc) is 2.85. The van der Waals surface area contributed by atoms with Crippen LogP contribution in [0, 0.1) is 0 Å². The molecule has 124 valence electrons. The largest absolute Gasteiger partial charge is 0.507 e. The van der Waals surface area contributed by atoms with Crippen molar-refractivity contribution >= 4 is 22.4 Å². The van der Waals surface area contributed by atoms with Crippen LogP contribution in [0.4, 0.5) is 0 Å². The molecular weight excluding hydrogens is 304 g/mol. The normalized spacial score (nSPS) is 21.6. The number of hydrogen-bond donors (Lipinski definition) is 1. The summed E-state index contributed by atoms with van der Waals surface area (Å²) in [4.78, 5) is 0. The summed E-state index contributed by atoms with van der Waals surface area (Å²) in [5.41, 5.74) is 5.55. The summed E-state index contributed by atoms with van der Waals surface area (Å²) in [6.45, 7) is 8.81. The summed E-state index contributed by atoms with van der Waals surface area (Å²) >= 11 is 6.56. The Labute approximate surface area is 144 Å². The second kappa shape index (κ2) is 6.36. The van der Waals surface area contributed by atoms with Crippen LogP contribution in [-0.4, -0.2) is 10.5 Å². The fourth-order valence-electron chi connectivity index (χ4n) is 4.38. The van der Waals surface area contributed by atoms with E-state index < -0.39 is 0 Å². The number of benzene rings is 2. The van der Waals surface area contributed by atoms with Gasteiger partial charge in [-0.05, 0) is 65.8 Å². The third-order valence-electron chi connectivity index (χ3n) is 5.50. The molecule has 0 bridgehead atoms. The maximum absolute atomic E-state index is 10.6. The van der Waals surface area contributed by atoms with Gasteiger partial charge in [0.25, 0.3) is 0 Å². The fraction of sp³-hybridized carbons (Fsp3) is 0.524. The molecule has 0 saturated heterocycles. The van der Waals surface area contributed by atoms with Crippen LogP contribution in [0.2, 0.25) is 0 Å². The SMILES string of the molecule is CCCc1c(CC)ccc2c(O)cc3c(c12)C(C(C)Cl)CC3C. The Morgan fingerprint density at radius 3 is 2.65 bits per heavy atom. The first-order valence-electron chi connectivity index (χ1n) is 8.93. The first-order chi connectivity index (χ1) is 11.0. The van der Waals surface area contributed by atoms with Gasteiger partial charge in [-0.15, -0.1) is 11.6 Å². The van der Waals surface area contributed by atoms with Gasteiger partial charge >= 0.3 is 0 Å². The Balaban J connectivity index is 2.42. The van der Waals surface area contributed by atoms with Crippen LogP contribution in [0.5, 0.6) is 5.75 Å². The molecule has 2 aromatic rings. The third-order valence-corrected chi connectivity index (χ3v) is 5.81. The number of hydrogen-bond acceptors (Lipinski definition) is 1. The molecule has 0 spiro atoms. The second-order valence-corrected chi connectivity index (χ2v) is 7.74. The molecule has 0 fully saturated rings. The Kier molecular flexibility index (Phi) is 4.60. The van der Waals surface area contributed by atoms with Crippen molar-refractivity contribution in [2.24, 2.45) is 0 Å². The van der Waals surface area contributed by atoms with Gasteiger partial charge in [0.1, 0.15) is 5.75 Å². The van der Waals surface area contributed by atoms with Crippen molar-refractivity contribution in [3.05, 3.63) is 40.5 Å². The molecule has 1 aliphatic rings. The number of phenols is 1. The zero-order valence-electron chi connectivity index (χ0n) is 14.6. The molecule has 0 saturated carbocycles. The molecule has 0 radical (unpaired) electrons. The smallest absolute Gasteiger partial charge is 0.123 e. The van der Waals surface area contributed by atoms with Gasteiger partial charge in [0.15, 0.2) is 0 Å². The minimum atomic E-state index is 0.117. The van der Waals surface area contributed by atoms with E-state index in [0.717, 1.165) is 31.1 Å². The molecule has 3 atom stereocenters. The van der Waals surface area contributed by atoms with E-state index in [-0.39, 0.29) is 5.38 Å². The first kappa shape index (κ1) is 16.6. The van der Waals surface area contributed by atoms with Crippen LogP contribution < -0.4 is 0 Å². The quantitative estimate of drug-likeness (QED) is 0.654. The monoisotopic (exact) mass is 330 g/mol. The molecule has 3 unspecified atom stereocenters. The number of alkyl halides is 1. The second-order valence-electron chi connectivity index (χ2n) is 7.05. The standard InChI is InChI=1S/C21H27ClO/c1-5-7-15-14(6-2)8-9-16-19(23)11-17-12(3)10-18(13(4)22)21(17)20(15)16/h8-9,11-13,18,23H,5-7,10H2,1-4H3. The van der Waals surface area contributed by atoms with Crippen LogP contribution in [-0.2, 0) is 12.8 Å². The highest BCUT2D eigenvalue weighted by atomic mass is 35.5. The van der Waals surface area contributed by atoms with Crippen LogP contribution in [0.15, 0.2) is 18.2 Å². The van der Waals surface area contributed by atoms with E-state index >= 15 is 0 Å². The van der Waals surface area contributed by atoms with E-state index in [4.69, 9.17) is 11.6 Å². The first-order valence-corrected chi connectivity index (χ1v) is 9.37. The Bertz CT molecular complexity index is 732. The average molecular weight is 331 g/mol. The number of phenolic OH excluding ortho intramolecular Hbond substituents is 1. The molecule has 0 heterocycles. The van der Waals surface area contributed by atoms with E-state index in [9.17, 15) is 5.11 Å². The number of halogens is 1. The van der Waals surface area contributed by atoms with Gasteiger partial charge in [0.2, 0.25) is 0 Å². The summed E-state index contributed by atoms with van der Waals surface area (Å²) in [6.07, 6.45) is 4.30.